The number of hydroxylamine groups is 1. The van der Waals surface area contributed by atoms with Gasteiger partial charge >= 0.3 is 0 Å². The van der Waals surface area contributed by atoms with E-state index < -0.39 is 12.2 Å². The maximum Gasteiger partial charge on any atom is 0.109 e. The summed E-state index contributed by atoms with van der Waals surface area (Å²) in [5, 5.41) is 18.0. The molecule has 3 N–H and O–H groups in total. The van der Waals surface area contributed by atoms with Gasteiger partial charge in [0.1, 0.15) is 12.2 Å². The van der Waals surface area contributed by atoms with Crippen LogP contribution < -0.4 is 5.48 Å². The summed E-state index contributed by atoms with van der Waals surface area (Å²) in [6, 6.07) is 0. The summed E-state index contributed by atoms with van der Waals surface area (Å²) in [5.74, 6) is 0. The highest BCUT2D eigenvalue weighted by Gasteiger charge is 2.27. The van der Waals surface area contributed by atoms with Crippen molar-refractivity contribution in [2.24, 2.45) is 0 Å². The van der Waals surface area contributed by atoms with Crippen molar-refractivity contribution < 1.29 is 15.1 Å². The molecule has 0 bridgehead atoms. The highest BCUT2D eigenvalue weighted by atomic mass is 16.7. The van der Waals surface area contributed by atoms with Crippen LogP contribution in [0.3, 0.4) is 0 Å². The van der Waals surface area contributed by atoms with E-state index in [0.717, 1.165) is 0 Å². The van der Waals surface area contributed by atoms with Crippen LogP contribution in [0.1, 0.15) is 6.92 Å². The fourth-order valence-corrected chi connectivity index (χ4v) is 0.768. The summed E-state index contributed by atoms with van der Waals surface area (Å²) in [6.45, 7) is 1.99. The molecule has 0 saturated carbocycles. The van der Waals surface area contributed by atoms with Gasteiger partial charge in [-0.1, -0.05) is 0 Å². The van der Waals surface area contributed by atoms with Crippen LogP contribution in [0.15, 0.2) is 0 Å². The van der Waals surface area contributed by atoms with Gasteiger partial charge in [-0.15, -0.1) is 0 Å². The smallest absolute Gasteiger partial charge is 0.109 e. The van der Waals surface area contributed by atoms with Gasteiger partial charge in [0.05, 0.1) is 6.10 Å². The van der Waals surface area contributed by atoms with Crippen molar-refractivity contribution in [2.45, 2.75) is 25.2 Å². The fraction of sp³-hybridized carbons (Fsp3) is 1.00. The third-order valence-electron chi connectivity index (χ3n) is 1.44. The zero-order chi connectivity index (χ0) is 6.85. The number of β-amino-alcohol motifs (C(OH)–C–C–N with tert-alkyl or cyclic N) is 1. The van der Waals surface area contributed by atoms with Gasteiger partial charge in [0.2, 0.25) is 0 Å². The Morgan fingerprint density at radius 2 is 2.22 bits per heavy atom. The van der Waals surface area contributed by atoms with Crippen LogP contribution in [0.25, 0.3) is 0 Å². The molecule has 0 aromatic rings. The first-order valence-electron chi connectivity index (χ1n) is 2.96. The van der Waals surface area contributed by atoms with Gasteiger partial charge in [0.15, 0.2) is 0 Å². The zero-order valence-electron chi connectivity index (χ0n) is 5.24. The van der Waals surface area contributed by atoms with Crippen LogP contribution >= 0.6 is 0 Å². The van der Waals surface area contributed by atoms with E-state index in [1.54, 1.807) is 6.92 Å². The first kappa shape index (κ1) is 6.95. The van der Waals surface area contributed by atoms with Gasteiger partial charge in [-0.05, 0) is 6.92 Å². The van der Waals surface area contributed by atoms with E-state index in [2.05, 4.69) is 5.48 Å². The van der Waals surface area contributed by atoms with Gasteiger partial charge in [-0.3, -0.25) is 4.84 Å². The standard InChI is InChI=1S/C5H11NO3/c1-3-5(8)4(7)2-6-9-3/h3-8H,2H2,1H3/t3-,4-,5+/m0/s1. The molecule has 9 heavy (non-hydrogen) atoms. The van der Waals surface area contributed by atoms with E-state index >= 15 is 0 Å². The number of aliphatic hydroxyl groups is 2. The summed E-state index contributed by atoms with van der Waals surface area (Å²) in [5.41, 5.74) is 2.50. The maximum atomic E-state index is 9.03. The number of hydrogen-bond acceptors (Lipinski definition) is 4. The number of nitrogens with one attached hydrogen (secondary N) is 1. The number of hydrogen-bond donors (Lipinski definition) is 3. The molecule has 1 fully saturated rings. The second kappa shape index (κ2) is 2.62. The Morgan fingerprint density at radius 3 is 2.67 bits per heavy atom. The number of rotatable bonds is 0. The Kier molecular flexibility index (Phi) is 2.02. The molecular weight excluding hydrogens is 122 g/mol. The minimum absolute atomic E-state index is 0.297. The highest BCUT2D eigenvalue weighted by molar-refractivity contribution is 4.76. The molecule has 0 aliphatic carbocycles. The summed E-state index contributed by atoms with van der Waals surface area (Å²) in [6.07, 6.45) is -1.78. The lowest BCUT2D eigenvalue weighted by Crippen LogP contribution is -2.50. The molecular formula is C5H11NO3. The number of aliphatic hydroxyl groups excluding tert-OH is 2. The molecule has 0 aromatic carbocycles. The molecule has 1 saturated heterocycles. The second-order valence-electron chi connectivity index (χ2n) is 2.23. The van der Waals surface area contributed by atoms with Gasteiger partial charge < -0.3 is 10.2 Å². The van der Waals surface area contributed by atoms with E-state index in [9.17, 15) is 0 Å². The van der Waals surface area contributed by atoms with Crippen molar-refractivity contribution in [1.82, 2.24) is 5.48 Å². The van der Waals surface area contributed by atoms with Crippen molar-refractivity contribution in [3.05, 3.63) is 0 Å². The third kappa shape index (κ3) is 1.40. The SMILES string of the molecule is C[C@@H]1ONC[C@H](O)[C@@H]1O. The van der Waals surface area contributed by atoms with Crippen LogP contribution in [-0.2, 0) is 4.84 Å². The van der Waals surface area contributed by atoms with Gasteiger partial charge in [-0.2, -0.15) is 5.48 Å². The molecule has 4 nitrogen and oxygen atoms in total. The molecule has 1 rings (SSSR count). The molecule has 3 atom stereocenters. The average molecular weight is 133 g/mol. The molecule has 1 heterocycles. The van der Waals surface area contributed by atoms with E-state index in [1.165, 1.54) is 0 Å². The molecule has 0 radical (unpaired) electrons. The van der Waals surface area contributed by atoms with E-state index in [0.29, 0.717) is 6.54 Å². The minimum atomic E-state index is -0.758. The summed E-state index contributed by atoms with van der Waals surface area (Å²) in [4.78, 5) is 4.80. The molecule has 1 aliphatic heterocycles. The normalized spacial score (nSPS) is 45.0. The monoisotopic (exact) mass is 133 g/mol. The van der Waals surface area contributed by atoms with Crippen molar-refractivity contribution in [3.8, 4) is 0 Å². The Morgan fingerprint density at radius 1 is 1.56 bits per heavy atom. The van der Waals surface area contributed by atoms with E-state index in [-0.39, 0.29) is 6.10 Å². The van der Waals surface area contributed by atoms with Crippen LogP contribution in [0.4, 0.5) is 0 Å². The van der Waals surface area contributed by atoms with Crippen LogP contribution in [-0.4, -0.2) is 35.1 Å². The summed E-state index contributed by atoms with van der Waals surface area (Å²) < 4.78 is 0. The van der Waals surface area contributed by atoms with E-state index in [1.807, 2.05) is 0 Å². The predicted octanol–water partition coefficient (Wildman–Crippen LogP) is -1.37. The van der Waals surface area contributed by atoms with Crippen LogP contribution in [0.5, 0.6) is 0 Å². The molecule has 0 amide bonds. The lowest BCUT2D eigenvalue weighted by molar-refractivity contribution is -0.161. The highest BCUT2D eigenvalue weighted by Crippen LogP contribution is 2.06. The molecule has 0 spiro atoms. The minimum Gasteiger partial charge on any atom is -0.389 e. The first-order valence-corrected chi connectivity index (χ1v) is 2.96. The quantitative estimate of drug-likeness (QED) is 0.381. The first-order chi connectivity index (χ1) is 4.22. The molecule has 1 aliphatic rings. The summed E-state index contributed by atoms with van der Waals surface area (Å²) in [7, 11) is 0. The molecule has 54 valence electrons. The molecule has 0 aromatic heterocycles. The Labute approximate surface area is 53.4 Å². The predicted molar refractivity (Wildman–Crippen MR) is 30.6 cm³/mol. The van der Waals surface area contributed by atoms with Crippen LogP contribution in [0, 0.1) is 0 Å². The fourth-order valence-electron chi connectivity index (χ4n) is 0.768. The topological polar surface area (TPSA) is 61.7 Å². The zero-order valence-corrected chi connectivity index (χ0v) is 5.24. The second-order valence-corrected chi connectivity index (χ2v) is 2.23. The Hall–Kier alpha value is -0.160. The van der Waals surface area contributed by atoms with Crippen molar-refractivity contribution in [1.29, 1.82) is 0 Å². The lowest BCUT2D eigenvalue weighted by Gasteiger charge is -2.29. The largest absolute Gasteiger partial charge is 0.389 e. The van der Waals surface area contributed by atoms with Gasteiger partial charge in [0.25, 0.3) is 0 Å². The lowest BCUT2D eigenvalue weighted by atomic mass is 10.1. The Balaban J connectivity index is 2.41. The van der Waals surface area contributed by atoms with Crippen molar-refractivity contribution in [3.63, 3.8) is 0 Å². The molecule has 0 unspecified atom stereocenters. The summed E-state index contributed by atoms with van der Waals surface area (Å²) >= 11 is 0. The van der Waals surface area contributed by atoms with Gasteiger partial charge in [-0.25, -0.2) is 0 Å². The average Bonchev–Trinajstić information content (AvgIpc) is 1.83. The maximum absolute atomic E-state index is 9.03. The van der Waals surface area contributed by atoms with Crippen molar-refractivity contribution >= 4 is 0 Å². The van der Waals surface area contributed by atoms with E-state index in [4.69, 9.17) is 15.1 Å². The van der Waals surface area contributed by atoms with Crippen LogP contribution in [0.2, 0.25) is 0 Å². The Bertz CT molecular complexity index is 88.2. The van der Waals surface area contributed by atoms with Crippen molar-refractivity contribution in [2.75, 3.05) is 6.54 Å². The molecule has 4 heteroatoms. The third-order valence-corrected chi connectivity index (χ3v) is 1.44. The van der Waals surface area contributed by atoms with Gasteiger partial charge in [0, 0.05) is 6.54 Å².